The molecule has 2 aliphatic rings. The fourth-order valence-corrected chi connectivity index (χ4v) is 4.02. The van der Waals surface area contributed by atoms with Gasteiger partial charge in [0.15, 0.2) is 0 Å². The number of ether oxygens (including phenoxy) is 1. The van der Waals surface area contributed by atoms with Crippen molar-refractivity contribution in [3.05, 3.63) is 47.8 Å². The van der Waals surface area contributed by atoms with Gasteiger partial charge in [-0.25, -0.2) is 0 Å². The summed E-state index contributed by atoms with van der Waals surface area (Å²) in [5.41, 5.74) is 1.29. The van der Waals surface area contributed by atoms with Crippen molar-refractivity contribution >= 4 is 11.8 Å². The standard InChI is InChI=1S/C21H26N4O3/c1-15-12-23-25(13-15)11-8-19(26)24-16-6-9-21(10-7-16)14-22-20(27)17-4-2-3-5-18(17)28-21/h2-5,12-13,16H,6-11,14H2,1H3,(H,22,27)(H,24,26). The summed E-state index contributed by atoms with van der Waals surface area (Å²) in [6.45, 7) is 3.07. The number of carbonyl (C=O) groups is 2. The third-order valence-electron chi connectivity index (χ3n) is 5.62. The van der Waals surface area contributed by atoms with Crippen molar-refractivity contribution in [3.63, 3.8) is 0 Å². The van der Waals surface area contributed by atoms with E-state index in [-0.39, 0.29) is 17.9 Å². The average molecular weight is 382 g/mol. The lowest BCUT2D eigenvalue weighted by atomic mass is 9.81. The molecule has 1 aliphatic heterocycles. The number of benzene rings is 1. The number of fused-ring (bicyclic) bond motifs is 1. The van der Waals surface area contributed by atoms with E-state index in [4.69, 9.17) is 4.74 Å². The predicted octanol–water partition coefficient (Wildman–Crippen LogP) is 2.20. The monoisotopic (exact) mass is 382 g/mol. The Kier molecular flexibility index (Phi) is 5.07. The molecule has 1 saturated carbocycles. The van der Waals surface area contributed by atoms with Crippen molar-refractivity contribution in [2.24, 2.45) is 0 Å². The molecule has 1 aromatic carbocycles. The third-order valence-corrected chi connectivity index (χ3v) is 5.62. The highest BCUT2D eigenvalue weighted by Crippen LogP contribution is 2.36. The lowest BCUT2D eigenvalue weighted by Gasteiger charge is -2.39. The van der Waals surface area contributed by atoms with Crippen molar-refractivity contribution in [1.82, 2.24) is 20.4 Å². The number of aryl methyl sites for hydroxylation is 2. The number of nitrogens with one attached hydrogen (secondary N) is 2. The van der Waals surface area contributed by atoms with Crippen LogP contribution in [0.5, 0.6) is 5.75 Å². The van der Waals surface area contributed by atoms with E-state index in [1.54, 1.807) is 16.9 Å². The first-order chi connectivity index (χ1) is 13.5. The van der Waals surface area contributed by atoms with Gasteiger partial charge < -0.3 is 15.4 Å². The van der Waals surface area contributed by atoms with Gasteiger partial charge in [0.2, 0.25) is 5.91 Å². The molecule has 148 valence electrons. The largest absolute Gasteiger partial charge is 0.485 e. The quantitative estimate of drug-likeness (QED) is 0.849. The number of para-hydroxylation sites is 1. The Balaban J connectivity index is 1.30. The molecule has 7 heteroatoms. The minimum Gasteiger partial charge on any atom is -0.485 e. The van der Waals surface area contributed by atoms with E-state index in [0.29, 0.717) is 30.8 Å². The molecule has 1 spiro atoms. The second-order valence-electron chi connectivity index (χ2n) is 7.84. The van der Waals surface area contributed by atoms with Crippen LogP contribution < -0.4 is 15.4 Å². The molecule has 0 atom stereocenters. The van der Waals surface area contributed by atoms with E-state index >= 15 is 0 Å². The van der Waals surface area contributed by atoms with Crippen LogP contribution in [0.2, 0.25) is 0 Å². The summed E-state index contributed by atoms with van der Waals surface area (Å²) in [7, 11) is 0. The van der Waals surface area contributed by atoms with Crippen LogP contribution in [0.1, 0.15) is 48.0 Å². The zero-order valence-electron chi connectivity index (χ0n) is 16.1. The summed E-state index contributed by atoms with van der Waals surface area (Å²) in [5, 5.41) is 10.3. The van der Waals surface area contributed by atoms with Gasteiger partial charge in [0.25, 0.3) is 5.91 Å². The molecule has 0 radical (unpaired) electrons. The van der Waals surface area contributed by atoms with Gasteiger partial charge >= 0.3 is 0 Å². The van der Waals surface area contributed by atoms with Crippen molar-refractivity contribution in [3.8, 4) is 5.75 Å². The molecule has 1 fully saturated rings. The maximum absolute atomic E-state index is 12.3. The second-order valence-corrected chi connectivity index (χ2v) is 7.84. The first-order valence-corrected chi connectivity index (χ1v) is 9.88. The highest BCUT2D eigenvalue weighted by molar-refractivity contribution is 5.97. The Morgan fingerprint density at radius 3 is 2.89 bits per heavy atom. The van der Waals surface area contributed by atoms with E-state index < -0.39 is 5.60 Å². The van der Waals surface area contributed by atoms with E-state index in [0.717, 1.165) is 31.2 Å². The molecule has 2 amide bonds. The normalized spacial score (nSPS) is 24.0. The molecule has 28 heavy (non-hydrogen) atoms. The molecule has 2 heterocycles. The number of hydrogen-bond donors (Lipinski definition) is 2. The summed E-state index contributed by atoms with van der Waals surface area (Å²) < 4.78 is 8.11. The van der Waals surface area contributed by atoms with Gasteiger partial charge in [-0.2, -0.15) is 5.10 Å². The molecule has 1 aliphatic carbocycles. The van der Waals surface area contributed by atoms with Crippen LogP contribution in [-0.2, 0) is 11.3 Å². The van der Waals surface area contributed by atoms with Gasteiger partial charge in [-0.3, -0.25) is 14.3 Å². The van der Waals surface area contributed by atoms with Crippen LogP contribution in [0.15, 0.2) is 36.7 Å². The minimum atomic E-state index is -0.393. The third kappa shape index (κ3) is 4.03. The summed E-state index contributed by atoms with van der Waals surface area (Å²) >= 11 is 0. The molecule has 0 saturated heterocycles. The Labute approximate surface area is 164 Å². The molecule has 2 N–H and O–H groups in total. The molecule has 0 bridgehead atoms. The Bertz CT molecular complexity index is 868. The van der Waals surface area contributed by atoms with Crippen LogP contribution >= 0.6 is 0 Å². The summed E-state index contributed by atoms with van der Waals surface area (Å²) in [6.07, 6.45) is 7.42. The lowest BCUT2D eigenvalue weighted by molar-refractivity contribution is -0.122. The van der Waals surface area contributed by atoms with Gasteiger partial charge in [0, 0.05) is 25.2 Å². The van der Waals surface area contributed by atoms with Crippen molar-refractivity contribution in [2.75, 3.05) is 6.54 Å². The number of nitrogens with zero attached hydrogens (tertiary/aromatic N) is 2. The Morgan fingerprint density at radius 2 is 2.14 bits per heavy atom. The van der Waals surface area contributed by atoms with Crippen molar-refractivity contribution in [1.29, 1.82) is 0 Å². The molecular formula is C21H26N4O3. The Morgan fingerprint density at radius 1 is 1.36 bits per heavy atom. The highest BCUT2D eigenvalue weighted by atomic mass is 16.5. The highest BCUT2D eigenvalue weighted by Gasteiger charge is 2.40. The van der Waals surface area contributed by atoms with Crippen LogP contribution in [-0.4, -0.2) is 39.8 Å². The zero-order chi connectivity index (χ0) is 19.6. The second kappa shape index (κ2) is 7.66. The number of aromatic nitrogens is 2. The van der Waals surface area contributed by atoms with Crippen LogP contribution in [0.3, 0.4) is 0 Å². The summed E-state index contributed by atoms with van der Waals surface area (Å²) in [4.78, 5) is 24.6. The number of carbonyl (C=O) groups excluding carboxylic acids is 2. The maximum atomic E-state index is 12.3. The van der Waals surface area contributed by atoms with Crippen LogP contribution in [0, 0.1) is 6.92 Å². The first kappa shape index (κ1) is 18.5. The lowest BCUT2D eigenvalue weighted by Crippen LogP contribution is -2.51. The van der Waals surface area contributed by atoms with Gasteiger partial charge in [0.05, 0.1) is 18.3 Å². The minimum absolute atomic E-state index is 0.0505. The topological polar surface area (TPSA) is 85.3 Å². The Hall–Kier alpha value is -2.83. The van der Waals surface area contributed by atoms with Gasteiger partial charge in [0.1, 0.15) is 11.4 Å². The fraction of sp³-hybridized carbons (Fsp3) is 0.476. The average Bonchev–Trinajstić information content (AvgIpc) is 3.06. The van der Waals surface area contributed by atoms with Gasteiger partial charge in [-0.15, -0.1) is 0 Å². The smallest absolute Gasteiger partial charge is 0.255 e. The van der Waals surface area contributed by atoms with E-state index in [1.807, 2.05) is 31.3 Å². The van der Waals surface area contributed by atoms with Crippen molar-refractivity contribution < 1.29 is 14.3 Å². The van der Waals surface area contributed by atoms with Crippen molar-refractivity contribution in [2.45, 2.75) is 57.2 Å². The van der Waals surface area contributed by atoms with Gasteiger partial charge in [-0.1, -0.05) is 12.1 Å². The molecule has 2 aromatic rings. The predicted molar refractivity (Wildman–Crippen MR) is 104 cm³/mol. The summed E-state index contributed by atoms with van der Waals surface area (Å²) in [6, 6.07) is 7.52. The molecule has 1 aromatic heterocycles. The molecule has 0 unspecified atom stereocenters. The van der Waals surface area contributed by atoms with Crippen LogP contribution in [0.25, 0.3) is 0 Å². The zero-order valence-corrected chi connectivity index (χ0v) is 16.1. The number of amides is 2. The molecule has 7 nitrogen and oxygen atoms in total. The molecule has 4 rings (SSSR count). The SMILES string of the molecule is Cc1cnn(CCC(=O)NC2CCC3(CC2)CNC(=O)c2ccccc2O3)c1. The van der Waals surface area contributed by atoms with Gasteiger partial charge in [-0.05, 0) is 50.3 Å². The number of hydrogen-bond acceptors (Lipinski definition) is 4. The molecular weight excluding hydrogens is 356 g/mol. The first-order valence-electron chi connectivity index (χ1n) is 9.88. The van der Waals surface area contributed by atoms with E-state index in [2.05, 4.69) is 15.7 Å². The fourth-order valence-electron chi connectivity index (χ4n) is 4.02. The maximum Gasteiger partial charge on any atom is 0.255 e. The van der Waals surface area contributed by atoms with Crippen LogP contribution in [0.4, 0.5) is 0 Å². The summed E-state index contributed by atoms with van der Waals surface area (Å²) in [5.74, 6) is 0.612. The number of rotatable bonds is 4. The van der Waals surface area contributed by atoms with E-state index in [1.165, 1.54) is 0 Å². The van der Waals surface area contributed by atoms with E-state index in [9.17, 15) is 9.59 Å².